The molecule has 0 saturated carbocycles. The maximum atomic E-state index is 4.55. The second-order valence-corrected chi connectivity index (χ2v) is 4.56. The Morgan fingerprint density at radius 1 is 1.19 bits per heavy atom. The monoisotopic (exact) mass is 399 g/mol. The van der Waals surface area contributed by atoms with Crippen LogP contribution in [0.5, 0.6) is 0 Å². The fourth-order valence-corrected chi connectivity index (χ4v) is 1.85. The van der Waals surface area contributed by atoms with E-state index in [1.807, 2.05) is 37.6 Å². The summed E-state index contributed by atoms with van der Waals surface area (Å²) in [4.78, 5) is 4.55. The third-order valence-corrected chi connectivity index (χ3v) is 2.83. The summed E-state index contributed by atoms with van der Waals surface area (Å²) >= 11 is 0. The number of aryl methyl sites for hydroxylation is 1. The van der Waals surface area contributed by atoms with Gasteiger partial charge in [0.25, 0.3) is 0 Å². The second kappa shape index (κ2) is 9.38. The summed E-state index contributed by atoms with van der Waals surface area (Å²) < 4.78 is 1.79. The minimum atomic E-state index is 0. The van der Waals surface area contributed by atoms with E-state index in [0.29, 0.717) is 6.54 Å². The molecule has 1 aromatic carbocycles. The van der Waals surface area contributed by atoms with Crippen LogP contribution in [0.3, 0.4) is 0 Å². The molecule has 0 fully saturated rings. The largest absolute Gasteiger partial charge is 0.357 e. The Hall–Kier alpha value is -1.57. The molecule has 0 aliphatic rings. The summed E-state index contributed by atoms with van der Waals surface area (Å²) in [7, 11) is 1.91. The standard InChI is InChI=1S/C15H21N5.HI/c1-3-16-15(17-9-13-7-5-4-6-8-13)18-10-14-11-19-20(2)12-14;/h4-8,11-12H,3,9-10H2,1-2H3,(H2,16,17,18);1H. The minimum Gasteiger partial charge on any atom is -0.357 e. The first-order valence-electron chi connectivity index (χ1n) is 6.81. The Morgan fingerprint density at radius 2 is 1.95 bits per heavy atom. The zero-order valence-corrected chi connectivity index (χ0v) is 14.7. The molecule has 0 atom stereocenters. The van der Waals surface area contributed by atoms with E-state index in [1.54, 1.807) is 4.68 Å². The molecule has 0 spiro atoms. The highest BCUT2D eigenvalue weighted by Gasteiger charge is 1.99. The van der Waals surface area contributed by atoms with Gasteiger partial charge in [-0.2, -0.15) is 5.10 Å². The van der Waals surface area contributed by atoms with Crippen molar-refractivity contribution in [3.63, 3.8) is 0 Å². The van der Waals surface area contributed by atoms with Crippen LogP contribution < -0.4 is 10.6 Å². The smallest absolute Gasteiger partial charge is 0.191 e. The molecular formula is C15H22IN5. The zero-order chi connectivity index (χ0) is 14.2. The minimum absolute atomic E-state index is 0. The number of hydrogen-bond acceptors (Lipinski definition) is 2. The van der Waals surface area contributed by atoms with Crippen molar-refractivity contribution >= 4 is 29.9 Å². The average Bonchev–Trinajstić information content (AvgIpc) is 2.89. The molecule has 0 aliphatic heterocycles. The molecule has 21 heavy (non-hydrogen) atoms. The Bertz CT molecular complexity index is 550. The molecule has 0 saturated heterocycles. The molecule has 2 N–H and O–H groups in total. The van der Waals surface area contributed by atoms with Gasteiger partial charge < -0.3 is 10.6 Å². The average molecular weight is 399 g/mol. The Kier molecular flexibility index (Phi) is 7.81. The molecule has 1 heterocycles. The van der Waals surface area contributed by atoms with E-state index in [2.05, 4.69) is 39.8 Å². The lowest BCUT2D eigenvalue weighted by Gasteiger charge is -2.11. The summed E-state index contributed by atoms with van der Waals surface area (Å²) in [6.45, 7) is 4.29. The second-order valence-electron chi connectivity index (χ2n) is 4.56. The Labute approximate surface area is 142 Å². The van der Waals surface area contributed by atoms with Crippen molar-refractivity contribution in [2.45, 2.75) is 20.0 Å². The van der Waals surface area contributed by atoms with Crippen molar-refractivity contribution < 1.29 is 0 Å². The van der Waals surface area contributed by atoms with Crippen LogP contribution in [0.2, 0.25) is 0 Å². The first kappa shape index (κ1) is 17.5. The Morgan fingerprint density at radius 3 is 2.57 bits per heavy atom. The van der Waals surface area contributed by atoms with Crippen molar-refractivity contribution in [2.75, 3.05) is 6.54 Å². The van der Waals surface area contributed by atoms with Gasteiger partial charge in [-0.15, -0.1) is 24.0 Å². The van der Waals surface area contributed by atoms with Crippen LogP contribution in [-0.4, -0.2) is 22.3 Å². The van der Waals surface area contributed by atoms with E-state index in [1.165, 1.54) is 5.56 Å². The van der Waals surface area contributed by atoms with Crippen LogP contribution in [0.4, 0.5) is 0 Å². The van der Waals surface area contributed by atoms with E-state index < -0.39 is 0 Å². The third-order valence-electron chi connectivity index (χ3n) is 2.83. The summed E-state index contributed by atoms with van der Waals surface area (Å²) in [6.07, 6.45) is 3.81. The topological polar surface area (TPSA) is 54.2 Å². The normalized spacial score (nSPS) is 10.9. The van der Waals surface area contributed by atoms with E-state index >= 15 is 0 Å². The number of rotatable bonds is 5. The van der Waals surface area contributed by atoms with Gasteiger partial charge in [-0.1, -0.05) is 30.3 Å². The van der Waals surface area contributed by atoms with Crippen LogP contribution in [-0.2, 0) is 20.1 Å². The molecule has 1 aromatic heterocycles. The quantitative estimate of drug-likeness (QED) is 0.461. The maximum absolute atomic E-state index is 4.55. The molecule has 5 nitrogen and oxygen atoms in total. The number of guanidine groups is 1. The number of nitrogens with one attached hydrogen (secondary N) is 2. The van der Waals surface area contributed by atoms with Crippen molar-refractivity contribution in [2.24, 2.45) is 12.0 Å². The molecular weight excluding hydrogens is 377 g/mol. The highest BCUT2D eigenvalue weighted by Crippen LogP contribution is 1.99. The number of halogens is 1. The van der Waals surface area contributed by atoms with Crippen molar-refractivity contribution in [1.82, 2.24) is 20.4 Å². The Balaban J connectivity index is 0.00000220. The molecule has 0 radical (unpaired) electrons. The molecule has 6 heteroatoms. The van der Waals surface area contributed by atoms with Crippen LogP contribution >= 0.6 is 24.0 Å². The van der Waals surface area contributed by atoms with Gasteiger partial charge in [-0.05, 0) is 12.5 Å². The third kappa shape index (κ3) is 6.16. The zero-order valence-electron chi connectivity index (χ0n) is 12.4. The SMILES string of the molecule is CCNC(=NCc1cnn(C)c1)NCc1ccccc1.I. The number of hydrogen-bond donors (Lipinski definition) is 2. The first-order chi connectivity index (χ1) is 9.78. The van der Waals surface area contributed by atoms with Gasteiger partial charge in [-0.25, -0.2) is 4.99 Å². The fraction of sp³-hybridized carbons (Fsp3) is 0.333. The lowest BCUT2D eigenvalue weighted by atomic mass is 10.2. The molecule has 114 valence electrons. The molecule has 0 amide bonds. The highest BCUT2D eigenvalue weighted by atomic mass is 127. The van der Waals surface area contributed by atoms with Gasteiger partial charge in [0.05, 0.1) is 12.7 Å². The van der Waals surface area contributed by atoms with Gasteiger partial charge in [0, 0.05) is 31.9 Å². The van der Waals surface area contributed by atoms with Crippen molar-refractivity contribution in [3.8, 4) is 0 Å². The van der Waals surface area contributed by atoms with Crippen LogP contribution in [0.25, 0.3) is 0 Å². The predicted molar refractivity (Wildman–Crippen MR) is 96.7 cm³/mol. The van der Waals surface area contributed by atoms with Gasteiger partial charge >= 0.3 is 0 Å². The van der Waals surface area contributed by atoms with E-state index in [-0.39, 0.29) is 24.0 Å². The van der Waals surface area contributed by atoms with Gasteiger partial charge in [0.2, 0.25) is 0 Å². The first-order valence-corrected chi connectivity index (χ1v) is 6.81. The molecule has 2 aromatic rings. The van der Waals surface area contributed by atoms with E-state index in [0.717, 1.165) is 24.6 Å². The van der Waals surface area contributed by atoms with Crippen molar-refractivity contribution in [3.05, 3.63) is 53.9 Å². The lowest BCUT2D eigenvalue weighted by Crippen LogP contribution is -2.36. The van der Waals surface area contributed by atoms with Crippen LogP contribution in [0, 0.1) is 0 Å². The number of benzene rings is 1. The summed E-state index contributed by atoms with van der Waals surface area (Å²) in [5.41, 5.74) is 2.34. The number of aliphatic imine (C=N–C) groups is 1. The fourth-order valence-electron chi connectivity index (χ4n) is 1.85. The highest BCUT2D eigenvalue weighted by molar-refractivity contribution is 14.0. The molecule has 2 rings (SSSR count). The van der Waals surface area contributed by atoms with Crippen LogP contribution in [0.1, 0.15) is 18.1 Å². The van der Waals surface area contributed by atoms with E-state index in [9.17, 15) is 0 Å². The maximum Gasteiger partial charge on any atom is 0.191 e. The molecule has 0 aliphatic carbocycles. The summed E-state index contributed by atoms with van der Waals surface area (Å²) in [6, 6.07) is 10.3. The summed E-state index contributed by atoms with van der Waals surface area (Å²) in [5, 5.41) is 10.7. The van der Waals surface area contributed by atoms with Gasteiger partial charge in [-0.3, -0.25) is 4.68 Å². The summed E-state index contributed by atoms with van der Waals surface area (Å²) in [5.74, 6) is 0.820. The van der Waals surface area contributed by atoms with Gasteiger partial charge in [0.15, 0.2) is 5.96 Å². The van der Waals surface area contributed by atoms with Crippen molar-refractivity contribution in [1.29, 1.82) is 0 Å². The lowest BCUT2D eigenvalue weighted by molar-refractivity contribution is 0.766. The molecule has 0 unspecified atom stereocenters. The van der Waals surface area contributed by atoms with E-state index in [4.69, 9.17) is 0 Å². The van der Waals surface area contributed by atoms with Gasteiger partial charge in [0.1, 0.15) is 0 Å². The predicted octanol–water partition coefficient (Wildman–Crippen LogP) is 2.29. The molecule has 0 bridgehead atoms. The number of nitrogens with zero attached hydrogens (tertiary/aromatic N) is 3. The number of aromatic nitrogens is 2. The van der Waals surface area contributed by atoms with Crippen LogP contribution in [0.15, 0.2) is 47.7 Å².